The van der Waals surface area contributed by atoms with Crippen LogP contribution in [0.3, 0.4) is 0 Å². The second kappa shape index (κ2) is 6.34. The first-order valence-corrected chi connectivity index (χ1v) is 5.38. The van der Waals surface area contributed by atoms with Crippen molar-refractivity contribution in [2.75, 3.05) is 18.4 Å². The number of alkyl halides is 2. The molecule has 0 aliphatic carbocycles. The zero-order chi connectivity index (χ0) is 12.8. The highest BCUT2D eigenvalue weighted by atomic mass is 35.5. The highest BCUT2D eigenvalue weighted by Crippen LogP contribution is 2.17. The summed E-state index contributed by atoms with van der Waals surface area (Å²) in [4.78, 5) is 15.5. The van der Waals surface area contributed by atoms with E-state index in [1.165, 1.54) is 12.3 Å². The molecule has 0 radical (unpaired) electrons. The number of amides is 1. The third-order valence-electron chi connectivity index (χ3n) is 1.87. The molecule has 0 aliphatic rings. The molecule has 0 atom stereocenters. The Kier molecular flexibility index (Phi) is 5.09. The molecule has 0 spiro atoms. The molecule has 2 N–H and O–H groups in total. The van der Waals surface area contributed by atoms with Crippen LogP contribution < -0.4 is 10.6 Å². The van der Waals surface area contributed by atoms with Crippen LogP contribution in [0.4, 0.5) is 14.6 Å². The number of hydrogen-bond acceptors (Lipinski definition) is 3. The Labute approximate surface area is 102 Å². The average molecular weight is 264 g/mol. The molecule has 1 aromatic heterocycles. The lowest BCUT2D eigenvalue weighted by Crippen LogP contribution is -2.28. The fourth-order valence-electron chi connectivity index (χ4n) is 1.16. The smallest absolute Gasteiger partial charge is 0.255 e. The van der Waals surface area contributed by atoms with E-state index < -0.39 is 18.9 Å². The molecule has 1 rings (SSSR count). The zero-order valence-electron chi connectivity index (χ0n) is 9.14. The summed E-state index contributed by atoms with van der Waals surface area (Å²) in [5, 5.41) is 5.10. The second-order valence-electron chi connectivity index (χ2n) is 3.18. The molecule has 0 bridgehead atoms. The van der Waals surface area contributed by atoms with Crippen LogP contribution >= 0.6 is 11.6 Å². The largest absolute Gasteiger partial charge is 0.370 e. The number of anilines is 1. The van der Waals surface area contributed by atoms with Gasteiger partial charge in [0, 0.05) is 12.7 Å². The fourth-order valence-corrected chi connectivity index (χ4v) is 1.34. The number of halogens is 3. The first-order valence-electron chi connectivity index (χ1n) is 5.00. The Morgan fingerprint density at radius 2 is 2.29 bits per heavy atom. The van der Waals surface area contributed by atoms with Gasteiger partial charge in [-0.15, -0.1) is 0 Å². The number of rotatable bonds is 5. The number of nitrogens with one attached hydrogen (secondary N) is 2. The summed E-state index contributed by atoms with van der Waals surface area (Å²) in [7, 11) is 0. The highest BCUT2D eigenvalue weighted by Gasteiger charge is 2.13. The van der Waals surface area contributed by atoms with Crippen molar-refractivity contribution in [1.82, 2.24) is 10.3 Å². The first-order chi connectivity index (χ1) is 8.04. The van der Waals surface area contributed by atoms with Crippen LogP contribution in [0.1, 0.15) is 17.3 Å². The van der Waals surface area contributed by atoms with Gasteiger partial charge in [-0.25, -0.2) is 13.8 Å². The van der Waals surface area contributed by atoms with Crippen molar-refractivity contribution in [2.45, 2.75) is 13.3 Å². The summed E-state index contributed by atoms with van der Waals surface area (Å²) in [5.74, 6) is -0.170. The molecule has 1 heterocycles. The van der Waals surface area contributed by atoms with Gasteiger partial charge in [-0.1, -0.05) is 11.6 Å². The fraction of sp³-hybridized carbons (Fsp3) is 0.400. The number of nitrogens with zero attached hydrogens (tertiary/aromatic N) is 1. The van der Waals surface area contributed by atoms with Crippen LogP contribution in [0.15, 0.2) is 12.3 Å². The molecule has 7 heteroatoms. The summed E-state index contributed by atoms with van der Waals surface area (Å²) in [5.41, 5.74) is 0.123. The normalized spacial score (nSPS) is 10.4. The van der Waals surface area contributed by atoms with E-state index in [2.05, 4.69) is 15.6 Å². The van der Waals surface area contributed by atoms with E-state index in [1.807, 2.05) is 6.92 Å². The van der Waals surface area contributed by atoms with Gasteiger partial charge in [-0.2, -0.15) is 0 Å². The van der Waals surface area contributed by atoms with Gasteiger partial charge in [-0.05, 0) is 13.0 Å². The molecule has 0 aliphatic heterocycles. The number of carbonyl (C=O) groups excluding carboxylic acids is 1. The van der Waals surface area contributed by atoms with Crippen molar-refractivity contribution in [2.24, 2.45) is 0 Å². The average Bonchev–Trinajstić information content (AvgIpc) is 2.29. The van der Waals surface area contributed by atoms with Crippen LogP contribution in [0.2, 0.25) is 5.02 Å². The summed E-state index contributed by atoms with van der Waals surface area (Å²) in [6, 6.07) is 1.42. The molecular weight excluding hydrogens is 252 g/mol. The predicted molar refractivity (Wildman–Crippen MR) is 61.7 cm³/mol. The van der Waals surface area contributed by atoms with Crippen LogP contribution in [0.25, 0.3) is 0 Å². The number of carbonyl (C=O) groups is 1. The topological polar surface area (TPSA) is 54.0 Å². The number of pyridine rings is 1. The third-order valence-corrected chi connectivity index (χ3v) is 2.18. The van der Waals surface area contributed by atoms with Gasteiger partial charge >= 0.3 is 0 Å². The molecule has 17 heavy (non-hydrogen) atoms. The molecule has 0 fully saturated rings. The third kappa shape index (κ3) is 4.14. The molecule has 0 saturated carbocycles. The van der Waals surface area contributed by atoms with Gasteiger partial charge in [0.1, 0.15) is 5.82 Å². The minimum atomic E-state index is -2.59. The maximum Gasteiger partial charge on any atom is 0.255 e. The van der Waals surface area contributed by atoms with Crippen molar-refractivity contribution >= 4 is 23.3 Å². The quantitative estimate of drug-likeness (QED) is 0.856. The summed E-state index contributed by atoms with van der Waals surface area (Å²) in [6.45, 7) is 1.80. The van der Waals surface area contributed by atoms with Crippen LogP contribution in [0.5, 0.6) is 0 Å². The van der Waals surface area contributed by atoms with E-state index in [0.717, 1.165) is 0 Å². The van der Waals surface area contributed by atoms with Gasteiger partial charge < -0.3 is 10.6 Å². The van der Waals surface area contributed by atoms with E-state index in [4.69, 9.17) is 11.6 Å². The van der Waals surface area contributed by atoms with Gasteiger partial charge in [0.25, 0.3) is 12.3 Å². The molecule has 0 aromatic carbocycles. The monoisotopic (exact) mass is 263 g/mol. The summed E-state index contributed by atoms with van der Waals surface area (Å²) >= 11 is 5.77. The van der Waals surface area contributed by atoms with Crippen LogP contribution in [-0.4, -0.2) is 30.4 Å². The SMILES string of the molecule is CCNc1cc(C(=O)NCC(F)F)c(Cl)cn1. The lowest BCUT2D eigenvalue weighted by Gasteiger charge is -2.08. The molecular formula is C10H12ClF2N3O. The van der Waals surface area contributed by atoms with Crippen molar-refractivity contribution in [3.8, 4) is 0 Å². The van der Waals surface area contributed by atoms with Gasteiger partial charge in [0.15, 0.2) is 0 Å². The van der Waals surface area contributed by atoms with Gasteiger partial charge in [0.2, 0.25) is 0 Å². The lowest BCUT2D eigenvalue weighted by atomic mass is 10.2. The molecule has 94 valence electrons. The van der Waals surface area contributed by atoms with Crippen molar-refractivity contribution in [1.29, 1.82) is 0 Å². The number of hydrogen-bond donors (Lipinski definition) is 2. The second-order valence-corrected chi connectivity index (χ2v) is 3.59. The molecule has 4 nitrogen and oxygen atoms in total. The van der Waals surface area contributed by atoms with Crippen molar-refractivity contribution in [3.05, 3.63) is 22.8 Å². The standard InChI is InChI=1S/C10H12ClF2N3O/c1-2-14-9-3-6(7(11)4-15-9)10(17)16-5-8(12)13/h3-4,8H,2,5H2,1H3,(H,14,15)(H,16,17). The van der Waals surface area contributed by atoms with Crippen molar-refractivity contribution in [3.63, 3.8) is 0 Å². The van der Waals surface area contributed by atoms with Crippen molar-refractivity contribution < 1.29 is 13.6 Å². The van der Waals surface area contributed by atoms with Crippen LogP contribution in [0, 0.1) is 0 Å². The lowest BCUT2D eigenvalue weighted by molar-refractivity contribution is 0.0892. The van der Waals surface area contributed by atoms with Gasteiger partial charge in [-0.3, -0.25) is 4.79 Å². The number of aromatic nitrogens is 1. The van der Waals surface area contributed by atoms with Gasteiger partial charge in [0.05, 0.1) is 17.1 Å². The minimum absolute atomic E-state index is 0.123. The molecule has 1 aromatic rings. The highest BCUT2D eigenvalue weighted by molar-refractivity contribution is 6.33. The Balaban J connectivity index is 2.80. The summed E-state index contributed by atoms with van der Waals surface area (Å²) < 4.78 is 23.9. The molecule has 0 saturated heterocycles. The maximum atomic E-state index is 11.9. The minimum Gasteiger partial charge on any atom is -0.370 e. The van der Waals surface area contributed by atoms with E-state index in [1.54, 1.807) is 0 Å². The van der Waals surface area contributed by atoms with E-state index in [-0.39, 0.29) is 10.6 Å². The zero-order valence-corrected chi connectivity index (χ0v) is 9.89. The van der Waals surface area contributed by atoms with E-state index in [9.17, 15) is 13.6 Å². The predicted octanol–water partition coefficient (Wildman–Crippen LogP) is 2.16. The first kappa shape index (κ1) is 13.6. The van der Waals surface area contributed by atoms with E-state index in [0.29, 0.717) is 12.4 Å². The Morgan fingerprint density at radius 3 is 2.88 bits per heavy atom. The Bertz CT molecular complexity index is 401. The van der Waals surface area contributed by atoms with Crippen LogP contribution in [-0.2, 0) is 0 Å². The maximum absolute atomic E-state index is 11.9. The Hall–Kier alpha value is -1.43. The van der Waals surface area contributed by atoms with E-state index >= 15 is 0 Å². The summed E-state index contributed by atoms with van der Waals surface area (Å²) in [6.07, 6.45) is -1.29. The Morgan fingerprint density at radius 1 is 1.59 bits per heavy atom. The molecule has 1 amide bonds. The molecule has 0 unspecified atom stereocenters.